The van der Waals surface area contributed by atoms with Crippen LogP contribution in [0.15, 0.2) is 182 Å². The minimum atomic E-state index is -0.417. The summed E-state index contributed by atoms with van der Waals surface area (Å²) in [5.41, 5.74) is 13.7. The summed E-state index contributed by atoms with van der Waals surface area (Å²) in [5.74, 6) is 0. The van der Waals surface area contributed by atoms with Gasteiger partial charge in [0.2, 0.25) is 0 Å². The van der Waals surface area contributed by atoms with E-state index in [1.807, 2.05) is 48.5 Å². The van der Waals surface area contributed by atoms with E-state index in [1.54, 1.807) is 0 Å². The zero-order valence-corrected chi connectivity index (χ0v) is 36.4. The average Bonchev–Trinajstić information content (AvgIpc) is 4.16. The molecule has 2 heteroatoms. The molecule has 4 aromatic heterocycles. The summed E-state index contributed by atoms with van der Waals surface area (Å²) in [7, 11) is 0. The van der Waals surface area contributed by atoms with Crippen molar-refractivity contribution in [2.75, 3.05) is 0 Å². The molecule has 13 aromatic rings. The second-order valence-corrected chi connectivity index (χ2v) is 19.4. The molecule has 0 unspecified atom stereocenters. The Morgan fingerprint density at radius 1 is 0.344 bits per heavy atom. The van der Waals surface area contributed by atoms with Gasteiger partial charge in [-0.05, 0) is 90.7 Å². The Kier molecular flexibility index (Phi) is 5.78. The van der Waals surface area contributed by atoms with Crippen molar-refractivity contribution in [3.63, 3.8) is 0 Å². The van der Waals surface area contributed by atoms with E-state index in [1.165, 1.54) is 11.1 Å². The SMILES string of the molecule is [2H]c1c([2H])c([2H])c(-c2cccc(-c3ccc4c5cc6c(cc5n5c7c(C(C)(C)C)cccc7c3c45)c3ccc(-c4cccc(-c5c([2H])c([2H])c([2H])c([2H])c5[2H])c4)c4c5cccc(C(C)(C)C)c5n6c34)c2)c([2H])c1[2H]. The van der Waals surface area contributed by atoms with Crippen molar-refractivity contribution in [1.82, 2.24) is 8.80 Å². The number of hydrogen-bond acceptors (Lipinski definition) is 0. The zero-order chi connectivity index (χ0) is 51.9. The van der Waals surface area contributed by atoms with Gasteiger partial charge in [-0.2, -0.15) is 0 Å². The van der Waals surface area contributed by atoms with Crippen molar-refractivity contribution < 1.29 is 13.7 Å². The summed E-state index contributed by atoms with van der Waals surface area (Å²) >= 11 is 0. The van der Waals surface area contributed by atoms with Crippen LogP contribution in [-0.2, 0) is 10.8 Å². The van der Waals surface area contributed by atoms with Crippen LogP contribution in [0.1, 0.15) is 66.4 Å². The third-order valence-electron chi connectivity index (χ3n) is 13.6. The number of fused-ring (bicyclic) bond motifs is 12. The van der Waals surface area contributed by atoms with E-state index < -0.39 is 12.1 Å². The van der Waals surface area contributed by atoms with E-state index in [0.717, 1.165) is 98.4 Å². The van der Waals surface area contributed by atoms with Crippen LogP contribution in [0.2, 0.25) is 0 Å². The van der Waals surface area contributed by atoms with Crippen LogP contribution in [0.4, 0.5) is 0 Å². The molecule has 0 atom stereocenters. The lowest BCUT2D eigenvalue weighted by molar-refractivity contribution is 0.594. The van der Waals surface area contributed by atoms with Crippen molar-refractivity contribution in [1.29, 1.82) is 0 Å². The maximum absolute atomic E-state index is 8.81. The van der Waals surface area contributed by atoms with Crippen molar-refractivity contribution in [2.45, 2.75) is 52.4 Å². The number of rotatable bonds is 4. The molecule has 0 saturated heterocycles. The van der Waals surface area contributed by atoms with Crippen LogP contribution in [0.5, 0.6) is 0 Å². The molecule has 13 rings (SSSR count). The first-order valence-electron chi connectivity index (χ1n) is 26.9. The molecule has 0 aliphatic carbocycles. The lowest BCUT2D eigenvalue weighted by atomic mass is 9.85. The third kappa shape index (κ3) is 5.14. The quantitative estimate of drug-likeness (QED) is 0.167. The van der Waals surface area contributed by atoms with Gasteiger partial charge in [-0.25, -0.2) is 0 Å². The molecule has 0 amide bonds. The maximum Gasteiger partial charge on any atom is 0.0629 e. The molecule has 64 heavy (non-hydrogen) atoms. The van der Waals surface area contributed by atoms with E-state index in [2.05, 4.69) is 123 Å². The van der Waals surface area contributed by atoms with Gasteiger partial charge in [-0.15, -0.1) is 0 Å². The van der Waals surface area contributed by atoms with E-state index in [4.69, 9.17) is 13.7 Å². The normalized spacial score (nSPS) is 15.0. The third-order valence-corrected chi connectivity index (χ3v) is 13.6. The molecule has 0 radical (unpaired) electrons. The van der Waals surface area contributed by atoms with Crippen molar-refractivity contribution >= 4 is 76.2 Å². The molecule has 2 nitrogen and oxygen atoms in total. The summed E-state index contributed by atoms with van der Waals surface area (Å²) in [6.07, 6.45) is 0. The molecule has 0 bridgehead atoms. The molecule has 9 aromatic carbocycles. The van der Waals surface area contributed by atoms with E-state index in [-0.39, 0.29) is 70.3 Å². The lowest BCUT2D eigenvalue weighted by Crippen LogP contribution is -2.12. The fourth-order valence-corrected chi connectivity index (χ4v) is 10.8. The van der Waals surface area contributed by atoms with E-state index in [0.29, 0.717) is 11.1 Å². The highest BCUT2D eigenvalue weighted by Crippen LogP contribution is 2.50. The minimum absolute atomic E-state index is 0.171. The average molecular weight is 831 g/mol. The molecule has 306 valence electrons. The Labute approximate surface area is 387 Å². The van der Waals surface area contributed by atoms with Gasteiger partial charge < -0.3 is 8.80 Å². The van der Waals surface area contributed by atoms with Crippen LogP contribution in [0.25, 0.3) is 121 Å². The predicted octanol–water partition coefficient (Wildman–Crippen LogP) is 17.2. The van der Waals surface area contributed by atoms with Gasteiger partial charge in [-0.3, -0.25) is 0 Å². The molecule has 0 aliphatic heterocycles. The minimum Gasteiger partial charge on any atom is -0.308 e. The molecular weight excluding hydrogens is 773 g/mol. The summed E-state index contributed by atoms with van der Waals surface area (Å²) in [5, 5.41) is 8.79. The zero-order valence-electron chi connectivity index (χ0n) is 46.4. The monoisotopic (exact) mass is 830 g/mol. The maximum atomic E-state index is 8.81. The Bertz CT molecular complexity index is 4270. The van der Waals surface area contributed by atoms with Gasteiger partial charge in [0.05, 0.1) is 46.8 Å². The predicted molar refractivity (Wildman–Crippen MR) is 275 cm³/mol. The Balaban J connectivity index is 1.12. The van der Waals surface area contributed by atoms with Crippen molar-refractivity contribution in [3.05, 3.63) is 193 Å². The fraction of sp³-hybridized carbons (Fsp3) is 0.129. The second kappa shape index (κ2) is 13.1. The number of nitrogens with zero attached hydrogens (tertiary/aromatic N) is 2. The number of benzene rings is 9. The fourth-order valence-electron chi connectivity index (χ4n) is 10.8. The van der Waals surface area contributed by atoms with E-state index in [9.17, 15) is 0 Å². The first-order chi connectivity index (χ1) is 35.2. The second-order valence-electron chi connectivity index (χ2n) is 19.4. The van der Waals surface area contributed by atoms with Gasteiger partial charge in [0, 0.05) is 43.1 Å². The molecule has 0 saturated carbocycles. The highest BCUT2D eigenvalue weighted by Gasteiger charge is 2.29. The Morgan fingerprint density at radius 2 is 0.734 bits per heavy atom. The largest absolute Gasteiger partial charge is 0.308 e. The number of para-hydroxylation sites is 2. The molecular formula is C62H48N2. The van der Waals surface area contributed by atoms with E-state index >= 15 is 0 Å². The summed E-state index contributed by atoms with van der Waals surface area (Å²) < 4.78 is 90.3. The van der Waals surface area contributed by atoms with Gasteiger partial charge in [0.25, 0.3) is 0 Å². The van der Waals surface area contributed by atoms with Gasteiger partial charge in [0.15, 0.2) is 0 Å². The smallest absolute Gasteiger partial charge is 0.0629 e. The first-order valence-corrected chi connectivity index (χ1v) is 21.9. The Hall–Kier alpha value is -7.42. The van der Waals surface area contributed by atoms with Crippen molar-refractivity contribution in [3.8, 4) is 44.5 Å². The first kappa shape index (κ1) is 28.3. The summed E-state index contributed by atoms with van der Waals surface area (Å²) in [6, 6.07) is 38.9. The lowest BCUT2D eigenvalue weighted by Gasteiger charge is -2.21. The highest BCUT2D eigenvalue weighted by molar-refractivity contribution is 6.32. The molecule has 0 N–H and O–H groups in total. The van der Waals surface area contributed by atoms with Crippen molar-refractivity contribution in [2.24, 2.45) is 0 Å². The molecule has 0 aliphatic rings. The molecule has 4 heterocycles. The highest BCUT2D eigenvalue weighted by atomic mass is 14.9. The van der Waals surface area contributed by atoms with Gasteiger partial charge >= 0.3 is 0 Å². The van der Waals surface area contributed by atoms with Crippen LogP contribution in [0, 0.1) is 0 Å². The topological polar surface area (TPSA) is 8.82 Å². The molecule has 0 fully saturated rings. The summed E-state index contributed by atoms with van der Waals surface area (Å²) in [6.45, 7) is 13.5. The number of aromatic nitrogens is 2. The Morgan fingerprint density at radius 3 is 1.14 bits per heavy atom. The van der Waals surface area contributed by atoms with Gasteiger partial charge in [-0.1, -0.05) is 199 Å². The van der Waals surface area contributed by atoms with Gasteiger partial charge in [0.1, 0.15) is 0 Å². The molecule has 0 spiro atoms. The van der Waals surface area contributed by atoms with Crippen LogP contribution in [0.3, 0.4) is 0 Å². The number of hydrogen-bond donors (Lipinski definition) is 0. The summed E-state index contributed by atoms with van der Waals surface area (Å²) in [4.78, 5) is 0. The van der Waals surface area contributed by atoms with Crippen LogP contribution >= 0.6 is 0 Å². The standard InChI is InChI=1S/C62H48N2/c1-61(2,3)51-27-15-25-47-55-43(41-23-13-21-39(33-41)37-17-9-7-10-18-37)29-31-45-49-36-54-50(35-53(49)63(57(47)51)59(45)55)46-32-30-44(42-24-14-22-40(34-42)38-19-11-8-12-20-38)56-48-26-16-28-52(62(4,5)6)58(48)64(54)60(46)56/h7-36H,1-6H3/i7D,8D,9D,10D,11D,12D,17D,18D,19D,20D. The van der Waals surface area contributed by atoms with Crippen LogP contribution < -0.4 is 0 Å². The van der Waals surface area contributed by atoms with Crippen LogP contribution in [-0.4, -0.2) is 8.80 Å².